The standard InChI is InChI=1S/C36H50N12O2S/c1-25(2)50-34-33(28(21-37)22-38)43-24-47(39-3)35(34)42-23-41-29-9-11-30(12-10-29)51-44(5)16-7-17-46-18-14-26(15-19-46)27-8-13-31-32(20-27)45(6)36(49)48(31)40-4/h8-13,20-22,24-26,37,40-41H,3,7,14-19,23,38H2,1-2,4-6H3/b28-22+,37-21?,42-35-. The van der Waals surface area contributed by atoms with Crippen molar-refractivity contribution in [1.29, 1.82) is 5.41 Å². The van der Waals surface area contributed by atoms with E-state index in [1.54, 1.807) is 28.2 Å². The zero-order chi connectivity index (χ0) is 36.5. The maximum Gasteiger partial charge on any atom is 0.347 e. The number of nitrogens with two attached hydrogens (primary N) is 1. The summed E-state index contributed by atoms with van der Waals surface area (Å²) in [5.74, 6) is 0.897. The minimum Gasteiger partial charge on any atom is -0.485 e. The lowest BCUT2D eigenvalue weighted by Crippen LogP contribution is -2.34. The van der Waals surface area contributed by atoms with Gasteiger partial charge >= 0.3 is 5.69 Å². The Hall–Kier alpha value is -4.86. The third-order valence-corrected chi connectivity index (χ3v) is 9.96. The number of rotatable bonds is 16. The Bertz CT molecular complexity index is 1970. The normalized spacial score (nSPS) is 14.8. The van der Waals surface area contributed by atoms with Gasteiger partial charge < -0.3 is 31.5 Å². The molecule has 2 aromatic heterocycles. The lowest BCUT2D eigenvalue weighted by atomic mass is 9.89. The molecule has 1 saturated heterocycles. The molecule has 1 fully saturated rings. The largest absolute Gasteiger partial charge is 0.485 e. The van der Waals surface area contributed by atoms with Crippen LogP contribution in [0.4, 0.5) is 5.69 Å². The summed E-state index contributed by atoms with van der Waals surface area (Å²) in [6.45, 7) is 11.9. The van der Waals surface area contributed by atoms with E-state index >= 15 is 0 Å². The van der Waals surface area contributed by atoms with Crippen LogP contribution in [0, 0.1) is 5.41 Å². The van der Waals surface area contributed by atoms with Crippen molar-refractivity contribution in [1.82, 2.24) is 28.1 Å². The van der Waals surface area contributed by atoms with Gasteiger partial charge in [-0.15, -0.1) is 0 Å². The molecule has 0 aliphatic carbocycles. The molecule has 0 atom stereocenters. The van der Waals surface area contributed by atoms with E-state index in [1.165, 1.54) is 22.8 Å². The molecule has 0 saturated carbocycles. The van der Waals surface area contributed by atoms with Gasteiger partial charge in [0.2, 0.25) is 0 Å². The Kier molecular flexibility index (Phi) is 12.7. The van der Waals surface area contributed by atoms with E-state index in [4.69, 9.17) is 20.9 Å². The number of hydrogen-bond acceptors (Lipinski definition) is 12. The van der Waals surface area contributed by atoms with Crippen molar-refractivity contribution in [2.45, 2.75) is 50.0 Å². The van der Waals surface area contributed by atoms with Gasteiger partial charge in [-0.25, -0.2) is 28.4 Å². The Morgan fingerprint density at radius 1 is 1.22 bits per heavy atom. The van der Waals surface area contributed by atoms with E-state index in [0.29, 0.717) is 28.4 Å². The van der Waals surface area contributed by atoms with E-state index in [0.717, 1.165) is 73.3 Å². The summed E-state index contributed by atoms with van der Waals surface area (Å²) >= 11 is 1.74. The van der Waals surface area contributed by atoms with Crippen LogP contribution in [-0.2, 0) is 7.05 Å². The molecule has 0 bridgehead atoms. The van der Waals surface area contributed by atoms with Crippen LogP contribution < -0.4 is 32.4 Å². The third kappa shape index (κ3) is 8.90. The Morgan fingerprint density at radius 2 is 1.96 bits per heavy atom. The molecule has 2 aromatic carbocycles. The van der Waals surface area contributed by atoms with Crippen molar-refractivity contribution >= 4 is 47.2 Å². The lowest BCUT2D eigenvalue weighted by Gasteiger charge is -2.32. The minimum atomic E-state index is -0.163. The van der Waals surface area contributed by atoms with Crippen LogP contribution in [-0.4, -0.2) is 94.1 Å². The fourth-order valence-electron chi connectivity index (χ4n) is 6.32. The van der Waals surface area contributed by atoms with E-state index < -0.39 is 0 Å². The summed E-state index contributed by atoms with van der Waals surface area (Å²) in [6.07, 6.45) is 7.12. The van der Waals surface area contributed by atoms with Gasteiger partial charge in [0, 0.05) is 55.9 Å². The predicted octanol–water partition coefficient (Wildman–Crippen LogP) is 4.09. The Labute approximate surface area is 303 Å². The van der Waals surface area contributed by atoms with E-state index in [-0.39, 0.29) is 18.5 Å². The molecule has 3 heterocycles. The Balaban J connectivity index is 1.09. The molecule has 0 spiro atoms. The number of ether oxygens (including phenoxy) is 1. The number of nitrogens with zero attached hydrogens (tertiary/aromatic N) is 8. The predicted molar refractivity (Wildman–Crippen MR) is 208 cm³/mol. The minimum absolute atomic E-state index is 0.0520. The molecular formula is C36H50N12O2S. The van der Waals surface area contributed by atoms with Gasteiger partial charge in [0.1, 0.15) is 18.7 Å². The van der Waals surface area contributed by atoms with Crippen LogP contribution in [0.1, 0.15) is 50.3 Å². The van der Waals surface area contributed by atoms with Gasteiger partial charge in [0.15, 0.2) is 11.2 Å². The van der Waals surface area contributed by atoms with Gasteiger partial charge in [0.25, 0.3) is 0 Å². The number of nitrogens with one attached hydrogen (secondary N) is 3. The average Bonchev–Trinajstić information content (AvgIpc) is 3.38. The van der Waals surface area contributed by atoms with Crippen molar-refractivity contribution in [3.63, 3.8) is 0 Å². The number of benzene rings is 2. The van der Waals surface area contributed by atoms with Gasteiger partial charge in [-0.1, -0.05) is 6.07 Å². The van der Waals surface area contributed by atoms with Crippen LogP contribution in [0.15, 0.2) is 74.8 Å². The van der Waals surface area contributed by atoms with Gasteiger partial charge in [-0.3, -0.25) is 4.57 Å². The van der Waals surface area contributed by atoms with Crippen molar-refractivity contribution in [2.75, 3.05) is 57.7 Å². The maximum atomic E-state index is 12.5. The first-order chi connectivity index (χ1) is 24.7. The van der Waals surface area contributed by atoms with Crippen LogP contribution in [0.2, 0.25) is 0 Å². The lowest BCUT2D eigenvalue weighted by molar-refractivity contribution is 0.207. The highest BCUT2D eigenvalue weighted by Gasteiger charge is 2.22. The van der Waals surface area contributed by atoms with Gasteiger partial charge in [-0.05, 0) is 120 Å². The quantitative estimate of drug-likeness (QED) is 0.0991. The topological polar surface area (TPSA) is 159 Å². The zero-order valence-corrected chi connectivity index (χ0v) is 31.0. The summed E-state index contributed by atoms with van der Waals surface area (Å²) in [6, 6.07) is 14.7. The van der Waals surface area contributed by atoms with Crippen molar-refractivity contribution in [3.8, 4) is 5.75 Å². The van der Waals surface area contributed by atoms with E-state index in [9.17, 15) is 4.79 Å². The fraction of sp³-hybridized carbons (Fsp3) is 0.417. The molecule has 1 aliphatic heterocycles. The van der Waals surface area contributed by atoms with Crippen molar-refractivity contribution in [2.24, 2.45) is 22.9 Å². The highest BCUT2D eigenvalue weighted by atomic mass is 32.2. The first kappa shape index (κ1) is 37.4. The summed E-state index contributed by atoms with van der Waals surface area (Å²) in [5.41, 5.74) is 14.0. The average molecular weight is 715 g/mol. The number of anilines is 1. The summed E-state index contributed by atoms with van der Waals surface area (Å²) in [4.78, 5) is 25.3. The number of fused-ring (bicyclic) bond motifs is 1. The third-order valence-electron chi connectivity index (χ3n) is 8.98. The van der Waals surface area contributed by atoms with Crippen LogP contribution in [0.3, 0.4) is 0 Å². The number of allylic oxidation sites excluding steroid dienone is 1. The zero-order valence-electron chi connectivity index (χ0n) is 30.2. The van der Waals surface area contributed by atoms with Crippen molar-refractivity contribution in [3.05, 3.63) is 82.2 Å². The Morgan fingerprint density at radius 3 is 2.61 bits per heavy atom. The maximum absolute atomic E-state index is 12.5. The highest BCUT2D eigenvalue weighted by Crippen LogP contribution is 2.30. The molecule has 15 heteroatoms. The molecule has 0 amide bonds. The van der Waals surface area contributed by atoms with Crippen LogP contribution >= 0.6 is 11.9 Å². The summed E-state index contributed by atoms with van der Waals surface area (Å²) in [7, 11) is 5.74. The fourth-order valence-corrected chi connectivity index (χ4v) is 7.16. The van der Waals surface area contributed by atoms with Crippen LogP contribution in [0.25, 0.3) is 16.6 Å². The smallest absolute Gasteiger partial charge is 0.347 e. The second-order valence-electron chi connectivity index (χ2n) is 12.7. The number of piperidine rings is 1. The first-order valence-electron chi connectivity index (χ1n) is 17.2. The van der Waals surface area contributed by atoms with Crippen LogP contribution in [0.5, 0.6) is 5.75 Å². The monoisotopic (exact) mass is 714 g/mol. The molecule has 5 rings (SSSR count). The molecule has 4 aromatic rings. The molecule has 1 aliphatic rings. The van der Waals surface area contributed by atoms with Gasteiger partial charge in [-0.2, -0.15) is 5.10 Å². The SMILES string of the molecule is C=Nn1cnc(/C(C=N)=C/N)c(OC(C)C)/c1=N/CNc1ccc(SN(C)CCCN2CCC(c3ccc4c(c3)n(C)c(=O)n4NC)CC2)cc1. The highest BCUT2D eigenvalue weighted by molar-refractivity contribution is 7.97. The van der Waals surface area contributed by atoms with Crippen molar-refractivity contribution < 1.29 is 4.74 Å². The number of imidazole rings is 1. The summed E-state index contributed by atoms with van der Waals surface area (Å²) in [5, 5.41) is 15.1. The second-order valence-corrected chi connectivity index (χ2v) is 14.0. The molecule has 5 N–H and O–H groups in total. The number of aryl methyl sites for hydroxylation is 1. The summed E-state index contributed by atoms with van der Waals surface area (Å²) < 4.78 is 13.1. The number of aromatic nitrogens is 4. The number of hydrogen-bond donors (Lipinski definition) is 4. The molecule has 14 nitrogen and oxygen atoms in total. The van der Waals surface area contributed by atoms with E-state index in [1.807, 2.05) is 33.0 Å². The molecule has 0 unspecified atom stereocenters. The molecule has 272 valence electrons. The molecule has 51 heavy (non-hydrogen) atoms. The first-order valence-corrected chi connectivity index (χ1v) is 18.0. The van der Waals surface area contributed by atoms with E-state index in [2.05, 4.69) is 74.1 Å². The molecular weight excluding hydrogens is 665 g/mol. The van der Waals surface area contributed by atoms with Gasteiger partial charge in [0.05, 0.1) is 17.1 Å². The number of likely N-dealkylation sites (tertiary alicyclic amines) is 1. The second kappa shape index (κ2) is 17.4. The molecule has 0 radical (unpaired) electrons.